The van der Waals surface area contributed by atoms with Crippen LogP contribution in [0.1, 0.15) is 32.2 Å². The fraction of sp³-hybridized carbons (Fsp3) is 0.769. The largest absolute Gasteiger partial charge is 0.390 e. The van der Waals surface area contributed by atoms with Crippen molar-refractivity contribution in [2.75, 3.05) is 6.61 Å². The van der Waals surface area contributed by atoms with E-state index in [-0.39, 0.29) is 12.0 Å². The van der Waals surface area contributed by atoms with Gasteiger partial charge >= 0.3 is 0 Å². The van der Waals surface area contributed by atoms with Crippen molar-refractivity contribution < 1.29 is 9.84 Å². The van der Waals surface area contributed by atoms with Gasteiger partial charge in [-0.2, -0.15) is 5.10 Å². The molecule has 5 heteroatoms. The fourth-order valence-electron chi connectivity index (χ4n) is 2.16. The quantitative estimate of drug-likeness (QED) is 0.866. The Morgan fingerprint density at radius 2 is 2.06 bits per heavy atom. The van der Waals surface area contributed by atoms with Gasteiger partial charge < -0.3 is 9.84 Å². The van der Waals surface area contributed by atoms with Crippen molar-refractivity contribution in [1.29, 1.82) is 0 Å². The van der Waals surface area contributed by atoms with Crippen molar-refractivity contribution in [3.8, 4) is 0 Å². The first-order valence-corrected chi connectivity index (χ1v) is 6.73. The van der Waals surface area contributed by atoms with E-state index in [9.17, 15) is 5.11 Å². The normalized spacial score (nSPS) is 15.1. The molecule has 0 aromatic carbocycles. The summed E-state index contributed by atoms with van der Waals surface area (Å²) in [4.78, 5) is 0. The molecule has 2 unspecified atom stereocenters. The number of aliphatic hydroxyl groups excluding tert-OH is 1. The van der Waals surface area contributed by atoms with E-state index in [2.05, 4.69) is 5.10 Å². The zero-order chi connectivity index (χ0) is 13.9. The number of nitrogens with zero attached hydrogens (tertiary/aromatic N) is 2. The highest BCUT2D eigenvalue weighted by Gasteiger charge is 2.25. The van der Waals surface area contributed by atoms with Gasteiger partial charge in [-0.25, -0.2) is 0 Å². The summed E-state index contributed by atoms with van der Waals surface area (Å²) < 4.78 is 7.33. The molecule has 0 amide bonds. The van der Waals surface area contributed by atoms with Crippen LogP contribution in [0.3, 0.4) is 0 Å². The van der Waals surface area contributed by atoms with Gasteiger partial charge in [0.1, 0.15) is 0 Å². The molecular weight excluding hydrogens is 252 g/mol. The lowest BCUT2D eigenvalue weighted by Crippen LogP contribution is -2.35. The summed E-state index contributed by atoms with van der Waals surface area (Å²) >= 11 is 6.18. The first-order chi connectivity index (χ1) is 8.38. The van der Waals surface area contributed by atoms with Crippen LogP contribution in [0.4, 0.5) is 0 Å². The Hall–Kier alpha value is -0.580. The second-order valence-electron chi connectivity index (χ2n) is 4.91. The van der Waals surface area contributed by atoms with E-state index < -0.39 is 6.10 Å². The molecule has 0 spiro atoms. The third-order valence-electron chi connectivity index (χ3n) is 3.06. The molecular formula is C13H23ClN2O2. The van der Waals surface area contributed by atoms with Crippen LogP contribution in [0.2, 0.25) is 5.02 Å². The molecule has 0 fully saturated rings. The first kappa shape index (κ1) is 15.5. The highest BCUT2D eigenvalue weighted by Crippen LogP contribution is 2.23. The van der Waals surface area contributed by atoms with Gasteiger partial charge in [-0.3, -0.25) is 4.68 Å². The van der Waals surface area contributed by atoms with Crippen LogP contribution in [0.5, 0.6) is 0 Å². The number of halogens is 1. The third kappa shape index (κ3) is 3.46. The van der Waals surface area contributed by atoms with Crippen LogP contribution in [0.15, 0.2) is 0 Å². The van der Waals surface area contributed by atoms with Gasteiger partial charge in [0.2, 0.25) is 0 Å². The van der Waals surface area contributed by atoms with Crippen molar-refractivity contribution in [2.24, 2.45) is 13.0 Å². The summed E-state index contributed by atoms with van der Waals surface area (Å²) in [6.45, 7) is 8.47. The van der Waals surface area contributed by atoms with Crippen LogP contribution in [-0.2, 0) is 18.2 Å². The van der Waals surface area contributed by atoms with Crippen molar-refractivity contribution in [2.45, 2.75) is 46.3 Å². The second kappa shape index (κ2) is 6.55. The van der Waals surface area contributed by atoms with E-state index in [1.807, 2.05) is 34.7 Å². The third-order valence-corrected chi connectivity index (χ3v) is 3.55. The van der Waals surface area contributed by atoms with Crippen LogP contribution in [0.25, 0.3) is 0 Å². The van der Waals surface area contributed by atoms with Gasteiger partial charge in [-0.15, -0.1) is 0 Å². The number of aromatic nitrogens is 2. The number of aryl methyl sites for hydroxylation is 2. The monoisotopic (exact) mass is 274 g/mol. The van der Waals surface area contributed by atoms with Crippen molar-refractivity contribution >= 4 is 11.6 Å². The smallest absolute Gasteiger partial charge is 0.0860 e. The Morgan fingerprint density at radius 1 is 1.44 bits per heavy atom. The summed E-state index contributed by atoms with van der Waals surface area (Å²) in [7, 11) is 1.84. The SMILES string of the molecule is CCOC(C(C)C)C(O)Cc1c(Cl)c(C)nn1C. The summed E-state index contributed by atoms with van der Waals surface area (Å²) in [5, 5.41) is 15.2. The minimum atomic E-state index is -0.572. The molecule has 104 valence electrons. The molecule has 18 heavy (non-hydrogen) atoms. The Kier molecular flexibility index (Phi) is 5.63. The van der Waals surface area contributed by atoms with Crippen molar-refractivity contribution in [3.63, 3.8) is 0 Å². The molecule has 1 heterocycles. The molecule has 1 rings (SSSR count). The maximum Gasteiger partial charge on any atom is 0.0860 e. The van der Waals surface area contributed by atoms with Gasteiger partial charge in [0.15, 0.2) is 0 Å². The maximum atomic E-state index is 10.3. The molecule has 0 bridgehead atoms. The number of hydrogen-bond donors (Lipinski definition) is 1. The Balaban J connectivity index is 2.82. The van der Waals surface area contributed by atoms with Gasteiger partial charge in [-0.1, -0.05) is 25.4 Å². The molecule has 4 nitrogen and oxygen atoms in total. The Bertz CT molecular complexity index is 391. The minimum Gasteiger partial charge on any atom is -0.390 e. The number of ether oxygens (including phenoxy) is 1. The standard InChI is InChI=1S/C13H23ClN2O2/c1-6-18-13(8(2)3)11(17)7-10-12(14)9(4)15-16(10)5/h8,11,13,17H,6-7H2,1-5H3. The molecule has 0 aliphatic carbocycles. The number of hydrogen-bond acceptors (Lipinski definition) is 3. The lowest BCUT2D eigenvalue weighted by atomic mass is 9.98. The lowest BCUT2D eigenvalue weighted by molar-refractivity contribution is -0.0567. The molecule has 0 aliphatic rings. The summed E-state index contributed by atoms with van der Waals surface area (Å²) in [6, 6.07) is 0. The predicted octanol–water partition coefficient (Wildman–Crippen LogP) is 2.35. The molecule has 0 saturated heterocycles. The van der Waals surface area contributed by atoms with Gasteiger partial charge in [0.25, 0.3) is 0 Å². The van der Waals surface area contributed by atoms with E-state index in [0.29, 0.717) is 18.1 Å². The second-order valence-corrected chi connectivity index (χ2v) is 5.28. The van der Waals surface area contributed by atoms with Gasteiger partial charge in [0.05, 0.1) is 28.6 Å². The van der Waals surface area contributed by atoms with E-state index in [1.165, 1.54) is 0 Å². The van der Waals surface area contributed by atoms with Crippen LogP contribution >= 0.6 is 11.6 Å². The predicted molar refractivity (Wildman–Crippen MR) is 72.9 cm³/mol. The van der Waals surface area contributed by atoms with Crippen LogP contribution in [-0.4, -0.2) is 33.7 Å². The molecule has 0 saturated carbocycles. The van der Waals surface area contributed by atoms with Crippen LogP contribution < -0.4 is 0 Å². The fourth-order valence-corrected chi connectivity index (χ4v) is 2.39. The van der Waals surface area contributed by atoms with Crippen LogP contribution in [0, 0.1) is 12.8 Å². The zero-order valence-electron chi connectivity index (χ0n) is 11.8. The summed E-state index contributed by atoms with van der Waals surface area (Å²) in [5.74, 6) is 0.257. The molecule has 1 N–H and O–H groups in total. The lowest BCUT2D eigenvalue weighted by Gasteiger charge is -2.26. The molecule has 1 aromatic heterocycles. The number of aliphatic hydroxyl groups is 1. The highest BCUT2D eigenvalue weighted by atomic mass is 35.5. The first-order valence-electron chi connectivity index (χ1n) is 6.36. The average Bonchev–Trinajstić information content (AvgIpc) is 2.52. The van der Waals surface area contributed by atoms with E-state index >= 15 is 0 Å². The average molecular weight is 275 g/mol. The topological polar surface area (TPSA) is 47.3 Å². The molecule has 0 radical (unpaired) electrons. The van der Waals surface area contributed by atoms with E-state index in [1.54, 1.807) is 4.68 Å². The summed E-state index contributed by atoms with van der Waals surface area (Å²) in [6.07, 6.45) is -0.294. The highest BCUT2D eigenvalue weighted by molar-refractivity contribution is 6.31. The number of rotatable bonds is 6. The Labute approximate surface area is 114 Å². The van der Waals surface area contributed by atoms with E-state index in [0.717, 1.165) is 11.4 Å². The van der Waals surface area contributed by atoms with Gasteiger partial charge in [0, 0.05) is 20.1 Å². The minimum absolute atomic E-state index is 0.179. The van der Waals surface area contributed by atoms with Crippen molar-refractivity contribution in [3.05, 3.63) is 16.4 Å². The molecule has 2 atom stereocenters. The maximum absolute atomic E-state index is 10.3. The summed E-state index contributed by atoms with van der Waals surface area (Å²) in [5.41, 5.74) is 1.64. The zero-order valence-corrected chi connectivity index (χ0v) is 12.5. The van der Waals surface area contributed by atoms with E-state index in [4.69, 9.17) is 16.3 Å². The Morgan fingerprint density at radius 3 is 2.44 bits per heavy atom. The molecule has 1 aromatic rings. The van der Waals surface area contributed by atoms with Crippen molar-refractivity contribution in [1.82, 2.24) is 9.78 Å². The van der Waals surface area contributed by atoms with Gasteiger partial charge in [-0.05, 0) is 19.8 Å². The molecule has 0 aliphatic heterocycles.